The zero-order valence-electron chi connectivity index (χ0n) is 8.40. The molecule has 0 bridgehead atoms. The van der Waals surface area contributed by atoms with Gasteiger partial charge in [-0.2, -0.15) is 0 Å². The topological polar surface area (TPSA) is 42.6 Å². The third-order valence-electron chi connectivity index (χ3n) is 2.86. The maximum absolute atomic E-state index is 10.1. The zero-order valence-corrected chi connectivity index (χ0v) is 8.40. The molecule has 3 heteroatoms. The minimum absolute atomic E-state index is 0.222. The summed E-state index contributed by atoms with van der Waals surface area (Å²) in [4.78, 5) is 0. The second-order valence-corrected chi connectivity index (χ2v) is 3.85. The predicted octanol–water partition coefficient (Wildman–Crippen LogP) is 2.05. The van der Waals surface area contributed by atoms with E-state index < -0.39 is 6.10 Å². The van der Waals surface area contributed by atoms with E-state index in [9.17, 15) is 5.11 Å². The van der Waals surface area contributed by atoms with Gasteiger partial charge in [0.15, 0.2) is 0 Å². The number of furan rings is 1. The lowest BCUT2D eigenvalue weighted by atomic mass is 9.91. The van der Waals surface area contributed by atoms with Crippen LogP contribution in [0.2, 0.25) is 0 Å². The highest BCUT2D eigenvalue weighted by molar-refractivity contribution is 5.19. The lowest BCUT2D eigenvalue weighted by molar-refractivity contribution is -0.0104. The largest absolute Gasteiger partial charge is 0.469 e. The van der Waals surface area contributed by atoms with E-state index in [1.807, 2.05) is 13.0 Å². The van der Waals surface area contributed by atoms with Crippen LogP contribution >= 0.6 is 0 Å². The third-order valence-corrected chi connectivity index (χ3v) is 2.86. The maximum atomic E-state index is 10.1. The Hall–Kier alpha value is -0.800. The summed E-state index contributed by atoms with van der Waals surface area (Å²) >= 11 is 0. The van der Waals surface area contributed by atoms with E-state index in [4.69, 9.17) is 9.15 Å². The molecule has 1 N–H and O–H groups in total. The van der Waals surface area contributed by atoms with E-state index in [1.165, 1.54) is 0 Å². The molecule has 2 unspecified atom stereocenters. The van der Waals surface area contributed by atoms with Gasteiger partial charge in [-0.25, -0.2) is 0 Å². The fourth-order valence-corrected chi connectivity index (χ4v) is 1.97. The molecule has 14 heavy (non-hydrogen) atoms. The van der Waals surface area contributed by atoms with Gasteiger partial charge in [-0.15, -0.1) is 0 Å². The van der Waals surface area contributed by atoms with Gasteiger partial charge >= 0.3 is 0 Å². The smallest absolute Gasteiger partial charge is 0.106 e. The summed E-state index contributed by atoms with van der Waals surface area (Å²) in [5.74, 6) is 1.03. The van der Waals surface area contributed by atoms with Crippen LogP contribution in [0.15, 0.2) is 16.7 Å². The number of aryl methyl sites for hydroxylation is 1. The van der Waals surface area contributed by atoms with Crippen molar-refractivity contribution in [3.63, 3.8) is 0 Å². The summed E-state index contributed by atoms with van der Waals surface area (Å²) in [7, 11) is 0. The van der Waals surface area contributed by atoms with Crippen LogP contribution in [0, 0.1) is 12.8 Å². The molecular formula is C11H16O3. The SMILES string of the molecule is Cc1occc1C(O)C1CCCOC1. The van der Waals surface area contributed by atoms with Crippen molar-refractivity contribution in [2.24, 2.45) is 5.92 Å². The van der Waals surface area contributed by atoms with Crippen LogP contribution in [0.5, 0.6) is 0 Å². The average Bonchev–Trinajstić information content (AvgIpc) is 2.65. The van der Waals surface area contributed by atoms with Crippen LogP contribution in [0.25, 0.3) is 0 Å². The van der Waals surface area contributed by atoms with Crippen molar-refractivity contribution in [1.29, 1.82) is 0 Å². The molecule has 2 atom stereocenters. The molecular weight excluding hydrogens is 180 g/mol. The van der Waals surface area contributed by atoms with Crippen LogP contribution in [0.4, 0.5) is 0 Å². The number of aliphatic hydroxyl groups excluding tert-OH is 1. The number of aliphatic hydroxyl groups is 1. The van der Waals surface area contributed by atoms with Crippen molar-refractivity contribution in [2.45, 2.75) is 25.9 Å². The van der Waals surface area contributed by atoms with Gasteiger partial charge in [-0.05, 0) is 25.8 Å². The van der Waals surface area contributed by atoms with Gasteiger partial charge in [0.2, 0.25) is 0 Å². The second kappa shape index (κ2) is 4.15. The van der Waals surface area contributed by atoms with Crippen LogP contribution in [0.1, 0.15) is 30.3 Å². The molecule has 1 aromatic heterocycles. The van der Waals surface area contributed by atoms with Crippen molar-refractivity contribution in [1.82, 2.24) is 0 Å². The van der Waals surface area contributed by atoms with Crippen molar-refractivity contribution < 1.29 is 14.3 Å². The van der Waals surface area contributed by atoms with E-state index in [0.29, 0.717) is 6.61 Å². The molecule has 1 fully saturated rings. The number of hydrogen-bond donors (Lipinski definition) is 1. The van der Waals surface area contributed by atoms with Crippen molar-refractivity contribution in [3.8, 4) is 0 Å². The number of rotatable bonds is 2. The van der Waals surface area contributed by atoms with Gasteiger partial charge in [-0.3, -0.25) is 0 Å². The minimum atomic E-state index is -0.436. The van der Waals surface area contributed by atoms with E-state index in [-0.39, 0.29) is 5.92 Å². The first kappa shape index (κ1) is 9.74. The standard InChI is InChI=1S/C11H16O3/c1-8-10(4-6-14-8)11(12)9-3-2-5-13-7-9/h4,6,9,11-12H,2-3,5,7H2,1H3. The summed E-state index contributed by atoms with van der Waals surface area (Å²) in [6.07, 6.45) is 3.26. The monoisotopic (exact) mass is 196 g/mol. The fraction of sp³-hybridized carbons (Fsp3) is 0.636. The summed E-state index contributed by atoms with van der Waals surface area (Å²) in [6, 6.07) is 1.84. The zero-order chi connectivity index (χ0) is 9.97. The van der Waals surface area contributed by atoms with Gasteiger partial charge < -0.3 is 14.3 Å². The van der Waals surface area contributed by atoms with E-state index >= 15 is 0 Å². The number of ether oxygens (including phenoxy) is 1. The van der Waals surface area contributed by atoms with Crippen LogP contribution in [-0.4, -0.2) is 18.3 Å². The summed E-state index contributed by atoms with van der Waals surface area (Å²) < 4.78 is 10.5. The molecule has 0 aromatic carbocycles. The molecule has 0 saturated carbocycles. The maximum Gasteiger partial charge on any atom is 0.106 e. The first-order valence-electron chi connectivity index (χ1n) is 5.09. The number of hydrogen-bond acceptors (Lipinski definition) is 3. The van der Waals surface area contributed by atoms with Gasteiger partial charge in [0, 0.05) is 18.1 Å². The average molecular weight is 196 g/mol. The molecule has 1 saturated heterocycles. The molecule has 2 heterocycles. The van der Waals surface area contributed by atoms with Gasteiger partial charge in [0.05, 0.1) is 19.0 Å². The van der Waals surface area contributed by atoms with Gasteiger partial charge in [0.1, 0.15) is 5.76 Å². The highest BCUT2D eigenvalue weighted by Gasteiger charge is 2.25. The second-order valence-electron chi connectivity index (χ2n) is 3.85. The van der Waals surface area contributed by atoms with E-state index in [0.717, 1.165) is 30.8 Å². The Morgan fingerprint density at radius 2 is 2.43 bits per heavy atom. The van der Waals surface area contributed by atoms with Crippen LogP contribution < -0.4 is 0 Å². The molecule has 1 aliphatic rings. The van der Waals surface area contributed by atoms with Gasteiger partial charge in [-0.1, -0.05) is 0 Å². The summed E-state index contributed by atoms with van der Waals surface area (Å²) in [5, 5.41) is 10.1. The Bertz CT molecular complexity index is 286. The lowest BCUT2D eigenvalue weighted by Crippen LogP contribution is -2.23. The van der Waals surface area contributed by atoms with E-state index in [2.05, 4.69) is 0 Å². The fourth-order valence-electron chi connectivity index (χ4n) is 1.97. The molecule has 0 aliphatic carbocycles. The van der Waals surface area contributed by atoms with E-state index in [1.54, 1.807) is 6.26 Å². The van der Waals surface area contributed by atoms with Crippen LogP contribution in [0.3, 0.4) is 0 Å². The molecule has 0 spiro atoms. The Kier molecular flexibility index (Phi) is 2.89. The molecule has 78 valence electrons. The predicted molar refractivity (Wildman–Crippen MR) is 51.9 cm³/mol. The van der Waals surface area contributed by atoms with Crippen molar-refractivity contribution in [3.05, 3.63) is 23.7 Å². The molecule has 1 aliphatic heterocycles. The molecule has 1 aromatic rings. The third kappa shape index (κ3) is 1.83. The first-order valence-corrected chi connectivity index (χ1v) is 5.09. The molecule has 0 radical (unpaired) electrons. The first-order chi connectivity index (χ1) is 6.79. The lowest BCUT2D eigenvalue weighted by Gasteiger charge is -2.26. The summed E-state index contributed by atoms with van der Waals surface area (Å²) in [6.45, 7) is 3.36. The Morgan fingerprint density at radius 1 is 1.57 bits per heavy atom. The Balaban J connectivity index is 2.07. The Morgan fingerprint density at radius 3 is 3.00 bits per heavy atom. The van der Waals surface area contributed by atoms with Crippen molar-refractivity contribution in [2.75, 3.05) is 13.2 Å². The molecule has 0 amide bonds. The normalized spacial score (nSPS) is 24.9. The van der Waals surface area contributed by atoms with Crippen LogP contribution in [-0.2, 0) is 4.74 Å². The van der Waals surface area contributed by atoms with Crippen molar-refractivity contribution >= 4 is 0 Å². The quantitative estimate of drug-likeness (QED) is 0.787. The highest BCUT2D eigenvalue weighted by atomic mass is 16.5. The van der Waals surface area contributed by atoms with Gasteiger partial charge in [0.25, 0.3) is 0 Å². The molecule has 3 nitrogen and oxygen atoms in total. The summed E-state index contributed by atoms with van der Waals surface area (Å²) in [5.41, 5.74) is 0.903. The minimum Gasteiger partial charge on any atom is -0.469 e. The molecule has 2 rings (SSSR count). The highest BCUT2D eigenvalue weighted by Crippen LogP contribution is 2.30. The Labute approximate surface area is 83.7 Å².